The molecule has 6 bridgehead atoms. The standard InChI is InChI=1S/C30H40BrN7O5S/c1-36(2)20-10-12-38(13-11-20)26-18-27(41-4)24-17-28(26)43-15-7-6-14-42-21-8-9-23(25(16-21)37(3)44(5,39)40)33-29-22(31)19-32-30(34-24)35-29/h8-9,16-20H,6-7,10-15H2,1-5H3,(H2,32,33,34,35). The van der Waals surface area contributed by atoms with Crippen molar-refractivity contribution in [2.45, 2.75) is 31.7 Å². The molecule has 12 nitrogen and oxygen atoms in total. The number of piperidine rings is 1. The van der Waals surface area contributed by atoms with Gasteiger partial charge >= 0.3 is 0 Å². The van der Waals surface area contributed by atoms with Gasteiger partial charge in [-0.3, -0.25) is 4.31 Å². The first-order chi connectivity index (χ1) is 21.0. The maximum Gasteiger partial charge on any atom is 0.232 e. The van der Waals surface area contributed by atoms with Crippen molar-refractivity contribution in [3.8, 4) is 17.2 Å². The molecule has 0 atom stereocenters. The number of rotatable bonds is 5. The average Bonchev–Trinajstić information content (AvgIpc) is 3.00. The topological polar surface area (TPSA) is 121 Å². The molecule has 1 saturated heterocycles. The second-order valence-electron chi connectivity index (χ2n) is 11.2. The Morgan fingerprint density at radius 3 is 2.43 bits per heavy atom. The summed E-state index contributed by atoms with van der Waals surface area (Å²) in [5.41, 5.74) is 2.61. The Hall–Kier alpha value is -3.49. The van der Waals surface area contributed by atoms with Gasteiger partial charge in [-0.2, -0.15) is 4.98 Å². The SMILES string of the molecule is COc1cc(N2CCC(N(C)C)CC2)c2cc1Nc1ncc(Br)c(n1)Nc1ccc(cc1N(C)S(C)(=O)=O)OCCCCO2. The largest absolute Gasteiger partial charge is 0.494 e. The van der Waals surface area contributed by atoms with Gasteiger partial charge in [0.2, 0.25) is 16.0 Å². The average molecular weight is 691 g/mol. The van der Waals surface area contributed by atoms with Crippen LogP contribution >= 0.6 is 15.9 Å². The van der Waals surface area contributed by atoms with E-state index in [1.165, 1.54) is 11.4 Å². The van der Waals surface area contributed by atoms with Crippen molar-refractivity contribution in [1.82, 2.24) is 14.9 Å². The lowest BCUT2D eigenvalue weighted by atomic mass is 10.0. The molecule has 0 saturated carbocycles. The van der Waals surface area contributed by atoms with Crippen molar-refractivity contribution in [3.05, 3.63) is 41.0 Å². The molecule has 0 spiro atoms. The molecule has 2 N–H and O–H groups in total. The molecule has 14 heteroatoms. The van der Waals surface area contributed by atoms with Gasteiger partial charge in [0, 0.05) is 50.6 Å². The van der Waals surface area contributed by atoms with Crippen LogP contribution in [-0.2, 0) is 10.0 Å². The highest BCUT2D eigenvalue weighted by atomic mass is 79.9. The van der Waals surface area contributed by atoms with Gasteiger partial charge < -0.3 is 34.6 Å². The van der Waals surface area contributed by atoms with Crippen LogP contribution in [0.4, 0.5) is 34.5 Å². The third kappa shape index (κ3) is 7.41. The third-order valence-corrected chi connectivity index (χ3v) is 9.70. The predicted molar refractivity (Wildman–Crippen MR) is 178 cm³/mol. The number of ether oxygens (including phenoxy) is 3. The monoisotopic (exact) mass is 689 g/mol. The number of benzene rings is 2. The Morgan fingerprint density at radius 1 is 1.02 bits per heavy atom. The van der Waals surface area contributed by atoms with Crippen molar-refractivity contribution in [3.63, 3.8) is 0 Å². The first-order valence-electron chi connectivity index (χ1n) is 14.6. The summed E-state index contributed by atoms with van der Waals surface area (Å²) in [6.07, 6.45) is 6.44. The Bertz CT molecular complexity index is 1580. The summed E-state index contributed by atoms with van der Waals surface area (Å²) in [5, 5.41) is 6.57. The van der Waals surface area contributed by atoms with E-state index in [1.807, 2.05) is 12.1 Å². The van der Waals surface area contributed by atoms with E-state index >= 15 is 0 Å². The fraction of sp³-hybridized carbons (Fsp3) is 0.467. The summed E-state index contributed by atoms with van der Waals surface area (Å²) in [5.74, 6) is 2.72. The molecule has 1 fully saturated rings. The van der Waals surface area contributed by atoms with Crippen molar-refractivity contribution in [2.24, 2.45) is 0 Å². The second-order valence-corrected chi connectivity index (χ2v) is 14.0. The van der Waals surface area contributed by atoms with E-state index in [0.29, 0.717) is 64.1 Å². The van der Waals surface area contributed by atoms with Crippen LogP contribution in [0.5, 0.6) is 17.2 Å². The summed E-state index contributed by atoms with van der Waals surface area (Å²) < 4.78 is 45.0. The Kier molecular flexibility index (Phi) is 9.90. The van der Waals surface area contributed by atoms with E-state index < -0.39 is 10.0 Å². The van der Waals surface area contributed by atoms with Gasteiger partial charge in [-0.25, -0.2) is 13.4 Å². The van der Waals surface area contributed by atoms with E-state index in [-0.39, 0.29) is 0 Å². The molecule has 3 aliphatic rings. The highest BCUT2D eigenvalue weighted by Crippen LogP contribution is 2.41. The number of aromatic nitrogens is 2. The third-order valence-electron chi connectivity index (χ3n) is 7.93. The van der Waals surface area contributed by atoms with Crippen molar-refractivity contribution < 1.29 is 22.6 Å². The van der Waals surface area contributed by atoms with E-state index in [2.05, 4.69) is 55.4 Å². The fourth-order valence-electron chi connectivity index (χ4n) is 5.29. The molecule has 3 aliphatic heterocycles. The summed E-state index contributed by atoms with van der Waals surface area (Å²) in [6.45, 7) is 2.80. The van der Waals surface area contributed by atoms with Crippen LogP contribution in [0.15, 0.2) is 41.0 Å². The quantitative estimate of drug-likeness (QED) is 0.367. The molecule has 1 aromatic heterocycles. The Balaban J connectivity index is 1.52. The number of halogens is 1. The summed E-state index contributed by atoms with van der Waals surface area (Å²) in [6, 6.07) is 9.80. The van der Waals surface area contributed by atoms with Crippen molar-refractivity contribution in [2.75, 3.05) is 80.7 Å². The Labute approximate surface area is 267 Å². The summed E-state index contributed by atoms with van der Waals surface area (Å²) in [4.78, 5) is 13.8. The van der Waals surface area contributed by atoms with E-state index in [9.17, 15) is 8.42 Å². The van der Waals surface area contributed by atoms with Crippen LogP contribution in [0.2, 0.25) is 0 Å². The normalized spacial score (nSPS) is 16.2. The minimum Gasteiger partial charge on any atom is -0.494 e. The summed E-state index contributed by atoms with van der Waals surface area (Å²) >= 11 is 3.52. The van der Waals surface area contributed by atoms with E-state index in [0.717, 1.165) is 56.5 Å². The number of sulfonamides is 1. The minimum absolute atomic E-state index is 0.318. The number of fused-ring (bicyclic) bond motifs is 7. The van der Waals surface area contributed by atoms with Gasteiger partial charge in [-0.1, -0.05) is 0 Å². The molecule has 0 aliphatic carbocycles. The van der Waals surface area contributed by atoms with Gasteiger partial charge in [0.1, 0.15) is 23.1 Å². The lowest BCUT2D eigenvalue weighted by Crippen LogP contribution is -2.42. The molecule has 2 aromatic carbocycles. The molecule has 0 amide bonds. The summed E-state index contributed by atoms with van der Waals surface area (Å²) in [7, 11) is 3.87. The van der Waals surface area contributed by atoms with E-state index in [1.54, 1.807) is 31.5 Å². The van der Waals surface area contributed by atoms with Gasteiger partial charge in [0.05, 0.1) is 53.8 Å². The molecular weight excluding hydrogens is 650 g/mol. The molecule has 238 valence electrons. The molecule has 44 heavy (non-hydrogen) atoms. The first kappa shape index (κ1) is 31.9. The van der Waals surface area contributed by atoms with Crippen molar-refractivity contribution >= 4 is 60.5 Å². The lowest BCUT2D eigenvalue weighted by molar-refractivity contribution is 0.247. The molecule has 0 radical (unpaired) electrons. The van der Waals surface area contributed by atoms with Crippen LogP contribution in [0.3, 0.4) is 0 Å². The number of nitrogens with one attached hydrogen (secondary N) is 2. The second kappa shape index (κ2) is 13.7. The zero-order valence-corrected chi connectivity index (χ0v) is 28.2. The highest BCUT2D eigenvalue weighted by molar-refractivity contribution is 9.10. The minimum atomic E-state index is -3.55. The number of hydrogen-bond acceptors (Lipinski definition) is 11. The first-order valence-corrected chi connectivity index (χ1v) is 17.2. The maximum absolute atomic E-state index is 12.5. The fourth-order valence-corrected chi connectivity index (χ4v) is 6.09. The molecule has 0 unspecified atom stereocenters. The number of anilines is 6. The van der Waals surface area contributed by atoms with Gasteiger partial charge in [0.15, 0.2) is 0 Å². The van der Waals surface area contributed by atoms with Crippen LogP contribution in [-0.4, -0.2) is 90.1 Å². The van der Waals surface area contributed by atoms with Crippen LogP contribution in [0.1, 0.15) is 25.7 Å². The number of hydrogen-bond donors (Lipinski definition) is 2. The predicted octanol–water partition coefficient (Wildman–Crippen LogP) is 5.21. The molecule has 6 rings (SSSR count). The number of nitrogens with zero attached hydrogens (tertiary/aromatic N) is 5. The zero-order valence-electron chi connectivity index (χ0n) is 25.8. The number of methoxy groups -OCH3 is 1. The molecule has 4 heterocycles. The lowest BCUT2D eigenvalue weighted by Gasteiger charge is -2.37. The van der Waals surface area contributed by atoms with Crippen LogP contribution in [0, 0.1) is 0 Å². The van der Waals surface area contributed by atoms with Crippen LogP contribution in [0.25, 0.3) is 0 Å². The maximum atomic E-state index is 12.5. The zero-order chi connectivity index (χ0) is 31.4. The van der Waals surface area contributed by atoms with E-state index in [4.69, 9.17) is 19.2 Å². The smallest absolute Gasteiger partial charge is 0.232 e. The molecular formula is C30H40BrN7O5S. The van der Waals surface area contributed by atoms with Crippen LogP contribution < -0.4 is 34.0 Å². The Morgan fingerprint density at radius 2 is 1.75 bits per heavy atom. The van der Waals surface area contributed by atoms with Gasteiger partial charge in [-0.05, 0) is 67.8 Å². The molecule has 3 aromatic rings. The van der Waals surface area contributed by atoms with Gasteiger partial charge in [0.25, 0.3) is 0 Å². The highest BCUT2D eigenvalue weighted by Gasteiger charge is 2.25. The van der Waals surface area contributed by atoms with Gasteiger partial charge in [-0.15, -0.1) is 0 Å². The van der Waals surface area contributed by atoms with Crippen molar-refractivity contribution in [1.29, 1.82) is 0 Å².